The lowest BCUT2D eigenvalue weighted by Crippen LogP contribution is -2.38. The minimum atomic E-state index is -0.933. The number of carbonyl (C=O) groups is 1. The third-order valence-corrected chi connectivity index (χ3v) is 3.81. The second kappa shape index (κ2) is 6.63. The Morgan fingerprint density at radius 1 is 1.40 bits per heavy atom. The van der Waals surface area contributed by atoms with Crippen LogP contribution in [0.2, 0.25) is 10.0 Å². The third kappa shape index (κ3) is 3.55. The van der Waals surface area contributed by atoms with E-state index in [-0.39, 0.29) is 13.0 Å². The second-order valence-corrected chi connectivity index (χ2v) is 5.45. The molecule has 0 amide bonds. The number of rotatable bonds is 5. The van der Waals surface area contributed by atoms with Gasteiger partial charge in [-0.1, -0.05) is 29.3 Å². The van der Waals surface area contributed by atoms with Crippen molar-refractivity contribution in [3.05, 3.63) is 28.2 Å². The van der Waals surface area contributed by atoms with Crippen LogP contribution in [0.5, 0.6) is 5.75 Å². The van der Waals surface area contributed by atoms with E-state index in [2.05, 4.69) is 0 Å². The highest BCUT2D eigenvalue weighted by Gasteiger charge is 2.35. The molecular formula is C13H15Cl2NO4. The van der Waals surface area contributed by atoms with Gasteiger partial charge in [0.2, 0.25) is 0 Å². The molecule has 1 heterocycles. The van der Waals surface area contributed by atoms with Crippen LogP contribution < -0.4 is 4.74 Å². The monoisotopic (exact) mass is 319 g/mol. The van der Waals surface area contributed by atoms with Gasteiger partial charge in [0.1, 0.15) is 12.6 Å². The van der Waals surface area contributed by atoms with Gasteiger partial charge in [-0.2, -0.15) is 0 Å². The van der Waals surface area contributed by atoms with Crippen LogP contribution in [-0.2, 0) is 4.79 Å². The number of nitrogens with zero attached hydrogens (tertiary/aromatic N) is 1. The summed E-state index contributed by atoms with van der Waals surface area (Å²) in [6.07, 6.45) is -0.373. The lowest BCUT2D eigenvalue weighted by molar-refractivity contribution is -0.142. The van der Waals surface area contributed by atoms with E-state index in [9.17, 15) is 9.90 Å². The Morgan fingerprint density at radius 3 is 2.65 bits per heavy atom. The van der Waals surface area contributed by atoms with Gasteiger partial charge in [0, 0.05) is 19.5 Å². The Morgan fingerprint density at radius 2 is 2.05 bits per heavy atom. The van der Waals surface area contributed by atoms with Gasteiger partial charge in [0.25, 0.3) is 0 Å². The van der Waals surface area contributed by atoms with E-state index in [1.807, 2.05) is 0 Å². The molecule has 1 aliphatic rings. The maximum atomic E-state index is 11.1. The Kier molecular flexibility index (Phi) is 5.10. The molecule has 2 rings (SSSR count). The van der Waals surface area contributed by atoms with Crippen molar-refractivity contribution in [3.63, 3.8) is 0 Å². The van der Waals surface area contributed by atoms with Crippen LogP contribution in [0.4, 0.5) is 0 Å². The van der Waals surface area contributed by atoms with E-state index >= 15 is 0 Å². The van der Waals surface area contributed by atoms with E-state index in [1.165, 1.54) is 0 Å². The fraction of sp³-hybridized carbons (Fsp3) is 0.462. The molecule has 0 aliphatic carbocycles. The number of carboxylic acid groups (broad SMARTS) is 1. The van der Waals surface area contributed by atoms with Crippen LogP contribution in [0, 0.1) is 0 Å². The fourth-order valence-corrected chi connectivity index (χ4v) is 2.78. The molecular weight excluding hydrogens is 305 g/mol. The van der Waals surface area contributed by atoms with Gasteiger partial charge in [0.15, 0.2) is 5.75 Å². The molecule has 5 nitrogen and oxygen atoms in total. The summed E-state index contributed by atoms with van der Waals surface area (Å²) in [6, 6.07) is 4.38. The first-order valence-electron chi connectivity index (χ1n) is 6.20. The minimum absolute atomic E-state index is 0.238. The summed E-state index contributed by atoms with van der Waals surface area (Å²) in [5.74, 6) is -0.542. The van der Waals surface area contributed by atoms with Crippen molar-refractivity contribution >= 4 is 29.2 Å². The van der Waals surface area contributed by atoms with Crippen LogP contribution in [0.15, 0.2) is 18.2 Å². The zero-order chi connectivity index (χ0) is 14.7. The molecule has 110 valence electrons. The molecule has 0 radical (unpaired) electrons. The van der Waals surface area contributed by atoms with Crippen LogP contribution in [0.1, 0.15) is 6.42 Å². The maximum Gasteiger partial charge on any atom is 0.321 e. The van der Waals surface area contributed by atoms with Gasteiger partial charge in [-0.05, 0) is 12.1 Å². The Balaban J connectivity index is 1.91. The highest BCUT2D eigenvalue weighted by Crippen LogP contribution is 2.32. The number of hydrogen-bond acceptors (Lipinski definition) is 4. The summed E-state index contributed by atoms with van der Waals surface area (Å²) in [7, 11) is 0. The minimum Gasteiger partial charge on any atom is -0.489 e. The normalized spacial score (nSPS) is 22.9. The highest BCUT2D eigenvalue weighted by atomic mass is 35.5. The number of para-hydroxylation sites is 1. The molecule has 2 N–H and O–H groups in total. The molecule has 1 saturated heterocycles. The van der Waals surface area contributed by atoms with Crippen molar-refractivity contribution in [1.29, 1.82) is 0 Å². The summed E-state index contributed by atoms with van der Waals surface area (Å²) in [4.78, 5) is 12.7. The molecule has 1 aliphatic heterocycles. The summed E-state index contributed by atoms with van der Waals surface area (Å²) < 4.78 is 5.51. The summed E-state index contributed by atoms with van der Waals surface area (Å²) >= 11 is 11.9. The maximum absolute atomic E-state index is 11.1. The molecule has 7 heteroatoms. The van der Waals surface area contributed by atoms with Crippen LogP contribution in [0.25, 0.3) is 0 Å². The number of halogens is 2. The zero-order valence-electron chi connectivity index (χ0n) is 10.6. The number of β-amino-alcohol motifs (C(OH)–C–C–N with tert-alkyl or cyclic N) is 1. The van der Waals surface area contributed by atoms with Crippen molar-refractivity contribution in [3.8, 4) is 5.75 Å². The molecule has 20 heavy (non-hydrogen) atoms. The van der Waals surface area contributed by atoms with Crippen LogP contribution in [-0.4, -0.2) is 52.9 Å². The number of likely N-dealkylation sites (tertiary alicyclic amines) is 1. The molecule has 0 aromatic heterocycles. The predicted octanol–water partition coefficient (Wildman–Crippen LogP) is 1.89. The SMILES string of the molecule is O=C(O)C1CC(O)CN1CCOc1c(Cl)cccc1Cl. The smallest absolute Gasteiger partial charge is 0.321 e. The summed E-state index contributed by atoms with van der Waals surface area (Å²) in [5.41, 5.74) is 0. The molecule has 2 unspecified atom stereocenters. The van der Waals surface area contributed by atoms with E-state index in [4.69, 9.17) is 33.0 Å². The Bertz CT molecular complexity index is 477. The third-order valence-electron chi connectivity index (χ3n) is 3.21. The van der Waals surface area contributed by atoms with Gasteiger partial charge in [-0.3, -0.25) is 9.69 Å². The molecule has 0 bridgehead atoms. The van der Waals surface area contributed by atoms with Crippen molar-refractivity contribution in [1.82, 2.24) is 4.90 Å². The molecule has 2 atom stereocenters. The number of aliphatic hydroxyl groups excluding tert-OH is 1. The molecule has 0 spiro atoms. The number of ether oxygens (including phenoxy) is 1. The first-order valence-corrected chi connectivity index (χ1v) is 6.96. The molecule has 1 aromatic rings. The molecule has 1 aromatic carbocycles. The van der Waals surface area contributed by atoms with Gasteiger partial charge in [-0.15, -0.1) is 0 Å². The Hall–Kier alpha value is -1.01. The second-order valence-electron chi connectivity index (χ2n) is 4.64. The number of hydrogen-bond donors (Lipinski definition) is 2. The van der Waals surface area contributed by atoms with E-state index < -0.39 is 18.1 Å². The standard InChI is InChI=1S/C13H15Cl2NO4/c14-9-2-1-3-10(15)12(9)20-5-4-16-7-8(17)6-11(16)13(18)19/h1-3,8,11,17H,4-7H2,(H,18,19). The lowest BCUT2D eigenvalue weighted by atomic mass is 10.2. The predicted molar refractivity (Wildman–Crippen MR) is 75.6 cm³/mol. The number of aliphatic hydroxyl groups is 1. The highest BCUT2D eigenvalue weighted by molar-refractivity contribution is 6.37. The topological polar surface area (TPSA) is 70.0 Å². The first kappa shape index (κ1) is 15.4. The number of carboxylic acids is 1. The van der Waals surface area contributed by atoms with Gasteiger partial charge in [-0.25, -0.2) is 0 Å². The fourth-order valence-electron chi connectivity index (χ4n) is 2.27. The summed E-state index contributed by atoms with van der Waals surface area (Å²) in [6.45, 7) is 0.964. The van der Waals surface area contributed by atoms with Crippen molar-refractivity contribution in [2.45, 2.75) is 18.6 Å². The average molecular weight is 320 g/mol. The van der Waals surface area contributed by atoms with E-state index in [0.29, 0.717) is 28.9 Å². The number of benzene rings is 1. The zero-order valence-corrected chi connectivity index (χ0v) is 12.1. The quantitative estimate of drug-likeness (QED) is 0.867. The van der Waals surface area contributed by atoms with E-state index in [1.54, 1.807) is 23.1 Å². The summed E-state index contributed by atoms with van der Waals surface area (Å²) in [5, 5.41) is 19.4. The van der Waals surface area contributed by atoms with Gasteiger partial charge >= 0.3 is 5.97 Å². The van der Waals surface area contributed by atoms with Crippen LogP contribution in [0.3, 0.4) is 0 Å². The van der Waals surface area contributed by atoms with Crippen molar-refractivity contribution in [2.24, 2.45) is 0 Å². The molecule has 1 fully saturated rings. The van der Waals surface area contributed by atoms with E-state index in [0.717, 1.165) is 0 Å². The van der Waals surface area contributed by atoms with Crippen molar-refractivity contribution < 1.29 is 19.7 Å². The lowest BCUT2D eigenvalue weighted by Gasteiger charge is -2.21. The van der Waals surface area contributed by atoms with Gasteiger partial charge < -0.3 is 14.9 Å². The van der Waals surface area contributed by atoms with Crippen LogP contribution >= 0.6 is 23.2 Å². The number of aliphatic carboxylic acids is 1. The molecule has 0 saturated carbocycles. The largest absolute Gasteiger partial charge is 0.489 e. The average Bonchev–Trinajstić information content (AvgIpc) is 2.74. The first-order chi connectivity index (χ1) is 9.49. The van der Waals surface area contributed by atoms with Gasteiger partial charge in [0.05, 0.1) is 16.1 Å². The van der Waals surface area contributed by atoms with Crippen molar-refractivity contribution in [2.75, 3.05) is 19.7 Å². The Labute approximate surface area is 126 Å².